The minimum Gasteiger partial charge on any atom is -0.388 e. The lowest BCUT2D eigenvalue weighted by Crippen LogP contribution is -2.39. The molecule has 1 heterocycles. The van der Waals surface area contributed by atoms with Gasteiger partial charge < -0.3 is 10.2 Å². The first-order chi connectivity index (χ1) is 12.3. The van der Waals surface area contributed by atoms with Crippen LogP contribution in [0.3, 0.4) is 0 Å². The highest BCUT2D eigenvalue weighted by Crippen LogP contribution is 2.40. The lowest BCUT2D eigenvalue weighted by atomic mass is 9.97. The van der Waals surface area contributed by atoms with Crippen molar-refractivity contribution in [3.63, 3.8) is 0 Å². The number of piperidine rings is 1. The SMILES string of the molecule is CNc1cc(Cl)cc(C=C2CCN(C(=O)C3CCC(F)(F)C3)CC2)c1C. The van der Waals surface area contributed by atoms with Gasteiger partial charge in [0.1, 0.15) is 0 Å². The second-order valence-electron chi connectivity index (χ2n) is 7.34. The van der Waals surface area contributed by atoms with Gasteiger partial charge in [-0.1, -0.05) is 23.3 Å². The molecule has 26 heavy (non-hydrogen) atoms. The van der Waals surface area contributed by atoms with E-state index in [9.17, 15) is 13.6 Å². The maximum atomic E-state index is 13.4. The standard InChI is InChI=1S/C20H25ClF2N2O/c1-13-16(10-17(21)11-18(13)24-2)9-14-4-7-25(8-5-14)19(26)15-3-6-20(22,23)12-15/h9-11,15,24H,3-8,12H2,1-2H3. The molecule has 1 aliphatic heterocycles. The Hall–Kier alpha value is -1.62. The number of carbonyl (C=O) groups excluding carboxylic acids is 1. The van der Waals surface area contributed by atoms with Crippen LogP contribution in [0.1, 0.15) is 43.2 Å². The number of halogens is 3. The van der Waals surface area contributed by atoms with Crippen molar-refractivity contribution in [2.75, 3.05) is 25.5 Å². The lowest BCUT2D eigenvalue weighted by molar-refractivity contribution is -0.136. The van der Waals surface area contributed by atoms with Crippen LogP contribution in [0.25, 0.3) is 6.08 Å². The molecule has 1 aromatic carbocycles. The number of amides is 1. The predicted octanol–water partition coefficient (Wildman–Crippen LogP) is 5.13. The van der Waals surface area contributed by atoms with E-state index in [1.807, 2.05) is 26.1 Å². The normalized spacial score (nSPS) is 22.4. The number of rotatable bonds is 3. The summed E-state index contributed by atoms with van der Waals surface area (Å²) in [6.45, 7) is 3.25. The molecular weight excluding hydrogens is 358 g/mol. The molecular formula is C20H25ClF2N2O. The Bertz CT molecular complexity index is 723. The second-order valence-corrected chi connectivity index (χ2v) is 7.78. The summed E-state index contributed by atoms with van der Waals surface area (Å²) < 4.78 is 26.7. The van der Waals surface area contributed by atoms with Crippen LogP contribution in [0.2, 0.25) is 5.02 Å². The average molecular weight is 383 g/mol. The second kappa shape index (κ2) is 7.55. The van der Waals surface area contributed by atoms with Gasteiger partial charge in [0.2, 0.25) is 11.8 Å². The van der Waals surface area contributed by atoms with Crippen LogP contribution in [-0.4, -0.2) is 36.9 Å². The summed E-state index contributed by atoms with van der Waals surface area (Å²) in [5.41, 5.74) is 4.47. The molecule has 1 atom stereocenters. The van der Waals surface area contributed by atoms with Crippen molar-refractivity contribution in [3.05, 3.63) is 33.9 Å². The van der Waals surface area contributed by atoms with Crippen LogP contribution >= 0.6 is 11.6 Å². The highest BCUT2D eigenvalue weighted by Gasteiger charge is 2.43. The molecule has 2 fully saturated rings. The fourth-order valence-electron chi connectivity index (χ4n) is 3.91. The van der Waals surface area contributed by atoms with Gasteiger partial charge in [-0.2, -0.15) is 0 Å². The van der Waals surface area contributed by atoms with E-state index in [1.54, 1.807) is 4.90 Å². The maximum absolute atomic E-state index is 13.4. The smallest absolute Gasteiger partial charge is 0.248 e. The topological polar surface area (TPSA) is 32.3 Å². The van der Waals surface area contributed by atoms with E-state index in [0.717, 1.165) is 29.7 Å². The summed E-state index contributed by atoms with van der Waals surface area (Å²) in [7, 11) is 1.87. The van der Waals surface area contributed by atoms with E-state index in [-0.39, 0.29) is 18.7 Å². The molecule has 0 bridgehead atoms. The summed E-state index contributed by atoms with van der Waals surface area (Å²) in [5, 5.41) is 3.83. The number of hydrogen-bond donors (Lipinski definition) is 1. The van der Waals surface area contributed by atoms with Crippen LogP contribution in [0.4, 0.5) is 14.5 Å². The monoisotopic (exact) mass is 382 g/mol. The number of benzene rings is 1. The summed E-state index contributed by atoms with van der Waals surface area (Å²) in [6, 6.07) is 3.85. The molecule has 0 aromatic heterocycles. The molecule has 6 heteroatoms. The minimum absolute atomic E-state index is 0.0994. The zero-order valence-electron chi connectivity index (χ0n) is 15.2. The summed E-state index contributed by atoms with van der Waals surface area (Å²) >= 11 is 6.20. The summed E-state index contributed by atoms with van der Waals surface area (Å²) in [6.07, 6.45) is 3.54. The molecule has 1 aliphatic carbocycles. The zero-order chi connectivity index (χ0) is 18.9. The number of hydrogen-bond acceptors (Lipinski definition) is 2. The number of alkyl halides is 2. The third-order valence-electron chi connectivity index (χ3n) is 5.51. The Kier molecular flexibility index (Phi) is 5.56. The van der Waals surface area contributed by atoms with Crippen LogP contribution in [0.5, 0.6) is 0 Å². The number of carbonyl (C=O) groups is 1. The molecule has 3 rings (SSSR count). The van der Waals surface area contributed by atoms with E-state index in [1.165, 1.54) is 5.57 Å². The number of likely N-dealkylation sites (tertiary alicyclic amines) is 1. The molecule has 1 amide bonds. The van der Waals surface area contributed by atoms with E-state index in [4.69, 9.17) is 11.6 Å². The third-order valence-corrected chi connectivity index (χ3v) is 5.73. The van der Waals surface area contributed by atoms with Crippen molar-refractivity contribution in [3.8, 4) is 0 Å². The first kappa shape index (κ1) is 19.2. The van der Waals surface area contributed by atoms with Gasteiger partial charge in [-0.25, -0.2) is 8.78 Å². The number of nitrogens with zero attached hydrogens (tertiary/aromatic N) is 1. The van der Waals surface area contributed by atoms with Gasteiger partial charge >= 0.3 is 0 Å². The first-order valence-electron chi connectivity index (χ1n) is 9.13. The zero-order valence-corrected chi connectivity index (χ0v) is 16.0. The predicted molar refractivity (Wildman–Crippen MR) is 102 cm³/mol. The van der Waals surface area contributed by atoms with Crippen molar-refractivity contribution < 1.29 is 13.6 Å². The quantitative estimate of drug-likeness (QED) is 0.785. The van der Waals surface area contributed by atoms with Gasteiger partial charge in [-0.15, -0.1) is 0 Å². The van der Waals surface area contributed by atoms with Gasteiger partial charge in [-0.05, 0) is 49.4 Å². The Morgan fingerprint density at radius 3 is 2.62 bits per heavy atom. The molecule has 142 valence electrons. The van der Waals surface area contributed by atoms with Crippen LogP contribution in [-0.2, 0) is 4.79 Å². The van der Waals surface area contributed by atoms with Crippen molar-refractivity contribution in [2.24, 2.45) is 5.92 Å². The van der Waals surface area contributed by atoms with Crippen molar-refractivity contribution in [1.82, 2.24) is 4.90 Å². The molecule has 1 N–H and O–H groups in total. The molecule has 0 radical (unpaired) electrons. The number of nitrogens with one attached hydrogen (secondary N) is 1. The average Bonchev–Trinajstić information content (AvgIpc) is 2.97. The fraction of sp³-hybridized carbons (Fsp3) is 0.550. The van der Waals surface area contributed by atoms with Gasteiger partial charge in [0, 0.05) is 49.6 Å². The summed E-state index contributed by atoms with van der Waals surface area (Å²) in [4.78, 5) is 14.2. The maximum Gasteiger partial charge on any atom is 0.248 e. The van der Waals surface area contributed by atoms with Crippen LogP contribution < -0.4 is 5.32 Å². The molecule has 1 unspecified atom stereocenters. The molecule has 1 saturated heterocycles. The van der Waals surface area contributed by atoms with Gasteiger partial charge in [0.05, 0.1) is 0 Å². The van der Waals surface area contributed by atoms with E-state index in [2.05, 4.69) is 11.4 Å². The molecule has 1 aromatic rings. The third kappa shape index (κ3) is 4.20. The van der Waals surface area contributed by atoms with E-state index >= 15 is 0 Å². The Morgan fingerprint density at radius 2 is 2.04 bits per heavy atom. The highest BCUT2D eigenvalue weighted by atomic mass is 35.5. The number of anilines is 1. The van der Waals surface area contributed by atoms with Crippen LogP contribution in [0.15, 0.2) is 17.7 Å². The lowest BCUT2D eigenvalue weighted by Gasteiger charge is -2.30. The Morgan fingerprint density at radius 1 is 1.35 bits per heavy atom. The van der Waals surface area contributed by atoms with E-state index in [0.29, 0.717) is 24.5 Å². The van der Waals surface area contributed by atoms with Crippen molar-refractivity contribution >= 4 is 29.3 Å². The Balaban J connectivity index is 1.65. The van der Waals surface area contributed by atoms with Gasteiger partial charge in [0.25, 0.3) is 0 Å². The van der Waals surface area contributed by atoms with Crippen molar-refractivity contribution in [2.45, 2.75) is 45.0 Å². The fourth-order valence-corrected chi connectivity index (χ4v) is 4.13. The molecule has 1 saturated carbocycles. The molecule has 0 spiro atoms. The molecule has 3 nitrogen and oxygen atoms in total. The summed E-state index contributed by atoms with van der Waals surface area (Å²) in [5.74, 6) is -3.28. The largest absolute Gasteiger partial charge is 0.388 e. The van der Waals surface area contributed by atoms with Gasteiger partial charge in [-0.3, -0.25) is 4.79 Å². The highest BCUT2D eigenvalue weighted by molar-refractivity contribution is 6.31. The van der Waals surface area contributed by atoms with E-state index < -0.39 is 11.8 Å². The minimum atomic E-state index is -2.67. The Labute approximate surface area is 158 Å². The first-order valence-corrected chi connectivity index (χ1v) is 9.51. The van der Waals surface area contributed by atoms with Crippen molar-refractivity contribution in [1.29, 1.82) is 0 Å². The molecule has 2 aliphatic rings. The van der Waals surface area contributed by atoms with Gasteiger partial charge in [0.15, 0.2) is 0 Å². The van der Waals surface area contributed by atoms with Crippen LogP contribution in [0, 0.1) is 12.8 Å².